The van der Waals surface area contributed by atoms with Crippen LogP contribution in [0.3, 0.4) is 0 Å². The number of benzene rings is 2. The van der Waals surface area contributed by atoms with Crippen molar-refractivity contribution in [2.75, 3.05) is 0 Å². The summed E-state index contributed by atoms with van der Waals surface area (Å²) in [5, 5.41) is 0. The summed E-state index contributed by atoms with van der Waals surface area (Å²) >= 11 is 0. The first kappa shape index (κ1) is 11.3. The van der Waals surface area contributed by atoms with Gasteiger partial charge in [-0.25, -0.2) is 4.39 Å². The molecule has 17 heavy (non-hydrogen) atoms. The van der Waals surface area contributed by atoms with Crippen molar-refractivity contribution in [2.45, 2.75) is 0 Å². The van der Waals surface area contributed by atoms with Crippen molar-refractivity contribution < 1.29 is 9.18 Å². The Bertz CT molecular complexity index is 544. The van der Waals surface area contributed by atoms with E-state index in [0.717, 1.165) is 5.56 Å². The minimum Gasteiger partial charge on any atom is -0.289 e. The normalized spacial score (nSPS) is 10.6. The van der Waals surface area contributed by atoms with Crippen molar-refractivity contribution in [3.63, 3.8) is 0 Å². The number of carbonyl (C=O) groups excluding carboxylic acids is 1. The average molecular weight is 226 g/mol. The lowest BCUT2D eigenvalue weighted by Crippen LogP contribution is -1.97. The molecule has 0 aliphatic heterocycles. The molecular weight excluding hydrogens is 215 g/mol. The zero-order valence-corrected chi connectivity index (χ0v) is 9.14. The lowest BCUT2D eigenvalue weighted by atomic mass is 10.1. The van der Waals surface area contributed by atoms with E-state index in [4.69, 9.17) is 0 Å². The van der Waals surface area contributed by atoms with E-state index in [-0.39, 0.29) is 11.3 Å². The van der Waals surface area contributed by atoms with Gasteiger partial charge >= 0.3 is 0 Å². The summed E-state index contributed by atoms with van der Waals surface area (Å²) in [4.78, 5) is 11.7. The molecule has 0 aliphatic carbocycles. The Balaban J connectivity index is 2.18. The molecule has 0 saturated heterocycles. The smallest absolute Gasteiger partial charge is 0.188 e. The van der Waals surface area contributed by atoms with Crippen molar-refractivity contribution in [1.82, 2.24) is 0 Å². The Kier molecular flexibility index (Phi) is 3.46. The molecule has 2 aromatic rings. The molecule has 2 heteroatoms. The van der Waals surface area contributed by atoms with Crippen molar-refractivity contribution in [2.24, 2.45) is 0 Å². The fourth-order valence-electron chi connectivity index (χ4n) is 1.49. The van der Waals surface area contributed by atoms with E-state index in [1.807, 2.05) is 30.3 Å². The number of hydrogen-bond donors (Lipinski definition) is 0. The quantitative estimate of drug-likeness (QED) is 0.575. The minimum absolute atomic E-state index is 0.0969. The number of ketones is 1. The van der Waals surface area contributed by atoms with Crippen LogP contribution in [0.2, 0.25) is 0 Å². The Morgan fingerprint density at radius 3 is 2.29 bits per heavy atom. The van der Waals surface area contributed by atoms with Gasteiger partial charge in [0.2, 0.25) is 0 Å². The van der Waals surface area contributed by atoms with Gasteiger partial charge in [-0.05, 0) is 23.8 Å². The van der Waals surface area contributed by atoms with Crippen molar-refractivity contribution in [1.29, 1.82) is 0 Å². The van der Waals surface area contributed by atoms with E-state index in [9.17, 15) is 9.18 Å². The molecule has 0 saturated carbocycles. The van der Waals surface area contributed by atoms with Crippen LogP contribution in [-0.2, 0) is 0 Å². The standard InChI is InChI=1S/C15H11FO/c16-14-9-5-4-8-13(14)15(17)11-10-12-6-2-1-3-7-12/h1-11H. The molecule has 2 rings (SSSR count). The molecule has 0 radical (unpaired) electrons. The van der Waals surface area contributed by atoms with Crippen LogP contribution < -0.4 is 0 Å². The first-order valence-electron chi connectivity index (χ1n) is 5.29. The average Bonchev–Trinajstić information content (AvgIpc) is 2.38. The number of allylic oxidation sites excluding steroid dienone is 1. The van der Waals surface area contributed by atoms with Crippen LogP contribution in [0, 0.1) is 5.82 Å². The number of hydrogen-bond acceptors (Lipinski definition) is 1. The van der Waals surface area contributed by atoms with Gasteiger partial charge in [-0.1, -0.05) is 48.5 Å². The first-order chi connectivity index (χ1) is 8.27. The van der Waals surface area contributed by atoms with Gasteiger partial charge in [0.05, 0.1) is 5.56 Å². The SMILES string of the molecule is O=C(C=Cc1ccccc1)c1ccccc1F. The van der Waals surface area contributed by atoms with E-state index in [1.165, 1.54) is 18.2 Å². The van der Waals surface area contributed by atoms with Gasteiger partial charge in [0.15, 0.2) is 5.78 Å². The molecule has 0 aliphatic rings. The van der Waals surface area contributed by atoms with Crippen LogP contribution >= 0.6 is 0 Å². The summed E-state index contributed by atoms with van der Waals surface area (Å²) in [6.07, 6.45) is 3.06. The Morgan fingerprint density at radius 2 is 1.59 bits per heavy atom. The summed E-state index contributed by atoms with van der Waals surface area (Å²) in [6.45, 7) is 0. The number of halogens is 1. The van der Waals surface area contributed by atoms with Crippen molar-refractivity contribution in [3.05, 3.63) is 77.6 Å². The molecule has 0 heterocycles. The highest BCUT2D eigenvalue weighted by Crippen LogP contribution is 2.09. The summed E-state index contributed by atoms with van der Waals surface area (Å²) < 4.78 is 13.3. The summed E-state index contributed by atoms with van der Waals surface area (Å²) in [5.74, 6) is -0.817. The highest BCUT2D eigenvalue weighted by atomic mass is 19.1. The molecule has 84 valence electrons. The zero-order valence-electron chi connectivity index (χ0n) is 9.14. The fourth-order valence-corrected chi connectivity index (χ4v) is 1.49. The lowest BCUT2D eigenvalue weighted by molar-refractivity contribution is 0.104. The maximum atomic E-state index is 13.3. The van der Waals surface area contributed by atoms with Crippen LogP contribution in [-0.4, -0.2) is 5.78 Å². The molecule has 2 aromatic carbocycles. The third-order valence-corrected chi connectivity index (χ3v) is 2.37. The summed E-state index contributed by atoms with van der Waals surface area (Å²) in [5.41, 5.74) is 1.01. The maximum Gasteiger partial charge on any atom is 0.188 e. The third kappa shape index (κ3) is 2.88. The fraction of sp³-hybridized carbons (Fsp3) is 0. The topological polar surface area (TPSA) is 17.1 Å². The Morgan fingerprint density at radius 1 is 0.941 bits per heavy atom. The lowest BCUT2D eigenvalue weighted by Gasteiger charge is -1.97. The molecular formula is C15H11FO. The van der Waals surface area contributed by atoms with Gasteiger partial charge in [-0.15, -0.1) is 0 Å². The Hall–Kier alpha value is -2.22. The summed E-state index contributed by atoms with van der Waals surface area (Å²) in [6, 6.07) is 15.4. The van der Waals surface area contributed by atoms with Gasteiger partial charge in [-0.2, -0.15) is 0 Å². The molecule has 0 spiro atoms. The predicted octanol–water partition coefficient (Wildman–Crippen LogP) is 3.72. The zero-order chi connectivity index (χ0) is 12.1. The van der Waals surface area contributed by atoms with Gasteiger partial charge < -0.3 is 0 Å². The van der Waals surface area contributed by atoms with Gasteiger partial charge in [-0.3, -0.25) is 4.79 Å². The molecule has 0 aromatic heterocycles. The minimum atomic E-state index is -0.491. The second kappa shape index (κ2) is 5.21. The van der Waals surface area contributed by atoms with E-state index >= 15 is 0 Å². The van der Waals surface area contributed by atoms with E-state index < -0.39 is 5.82 Å². The van der Waals surface area contributed by atoms with Crippen LogP contribution in [0.15, 0.2) is 60.7 Å². The predicted molar refractivity (Wildman–Crippen MR) is 66.2 cm³/mol. The first-order valence-corrected chi connectivity index (χ1v) is 5.29. The van der Waals surface area contributed by atoms with E-state index in [1.54, 1.807) is 18.2 Å². The molecule has 0 fully saturated rings. The molecule has 0 bridgehead atoms. The molecule has 0 N–H and O–H groups in total. The third-order valence-electron chi connectivity index (χ3n) is 2.37. The second-order valence-electron chi connectivity index (χ2n) is 3.59. The van der Waals surface area contributed by atoms with Crippen LogP contribution in [0.4, 0.5) is 4.39 Å². The number of rotatable bonds is 3. The largest absolute Gasteiger partial charge is 0.289 e. The van der Waals surface area contributed by atoms with E-state index in [0.29, 0.717) is 0 Å². The summed E-state index contributed by atoms with van der Waals surface area (Å²) in [7, 11) is 0. The molecule has 0 amide bonds. The monoisotopic (exact) mass is 226 g/mol. The Labute approximate surface area is 99.2 Å². The molecule has 0 unspecified atom stereocenters. The van der Waals surface area contributed by atoms with Crippen LogP contribution in [0.5, 0.6) is 0 Å². The number of carbonyl (C=O) groups is 1. The highest BCUT2D eigenvalue weighted by molar-refractivity contribution is 6.06. The molecule has 0 atom stereocenters. The highest BCUT2D eigenvalue weighted by Gasteiger charge is 2.06. The van der Waals surface area contributed by atoms with Crippen molar-refractivity contribution in [3.8, 4) is 0 Å². The van der Waals surface area contributed by atoms with Gasteiger partial charge in [0.25, 0.3) is 0 Å². The van der Waals surface area contributed by atoms with Crippen LogP contribution in [0.25, 0.3) is 6.08 Å². The van der Waals surface area contributed by atoms with Crippen molar-refractivity contribution >= 4 is 11.9 Å². The van der Waals surface area contributed by atoms with Gasteiger partial charge in [0, 0.05) is 0 Å². The van der Waals surface area contributed by atoms with E-state index in [2.05, 4.69) is 0 Å². The maximum absolute atomic E-state index is 13.3. The van der Waals surface area contributed by atoms with Gasteiger partial charge in [0.1, 0.15) is 5.82 Å². The molecule has 1 nitrogen and oxygen atoms in total. The second-order valence-corrected chi connectivity index (χ2v) is 3.59. The van der Waals surface area contributed by atoms with Crippen LogP contribution in [0.1, 0.15) is 15.9 Å².